The quantitative estimate of drug-likeness (QED) is 0.0909. The fourth-order valence-electron chi connectivity index (χ4n) is 14.2. The SMILES string of the molecule is CC1C2C(C[C@H]3[C@@H]4CC[C@H]5C[C@@H](O[C@@H]6O[C@H](CO)[C@H](O)[C@H](O)[C@H]6O[C@@H]6O[C@H](CO)[C@@H](O)[C@H](O)[C@H]6O)CC[C@]5(C)[C@H]4CC[C@]23C)O[C@]1(O)CC[C@@H](C)CO[C@@H]1O[C@H](CO)[C@@H](O)[C@H](O)[C@H]1O. The van der Waals surface area contributed by atoms with Gasteiger partial charge in [0.25, 0.3) is 0 Å². The average molecular weight is 921 g/mol. The van der Waals surface area contributed by atoms with Gasteiger partial charge in [0.2, 0.25) is 0 Å². The summed E-state index contributed by atoms with van der Waals surface area (Å²) in [6.45, 7) is 7.28. The molecule has 3 unspecified atom stereocenters. The van der Waals surface area contributed by atoms with Crippen LogP contribution in [-0.4, -0.2) is 198 Å². The van der Waals surface area contributed by atoms with Crippen molar-refractivity contribution < 1.29 is 94.4 Å². The Morgan fingerprint density at radius 2 is 1.20 bits per heavy atom. The summed E-state index contributed by atoms with van der Waals surface area (Å²) >= 11 is 0. The summed E-state index contributed by atoms with van der Waals surface area (Å²) in [6, 6.07) is 0. The molecule has 0 spiro atoms. The van der Waals surface area contributed by atoms with Crippen LogP contribution < -0.4 is 0 Å². The van der Waals surface area contributed by atoms with Crippen LogP contribution in [0.15, 0.2) is 0 Å². The summed E-state index contributed by atoms with van der Waals surface area (Å²) in [5, 5.41) is 125. The topological polar surface area (TPSA) is 307 Å². The molecule has 370 valence electrons. The van der Waals surface area contributed by atoms with Crippen molar-refractivity contribution in [1.29, 1.82) is 0 Å². The van der Waals surface area contributed by atoms with Crippen LogP contribution in [0.5, 0.6) is 0 Å². The minimum absolute atomic E-state index is 0.00000712. The van der Waals surface area contributed by atoms with Gasteiger partial charge in [0, 0.05) is 12.3 Å². The summed E-state index contributed by atoms with van der Waals surface area (Å²) in [7, 11) is 0. The van der Waals surface area contributed by atoms with Crippen LogP contribution in [0, 0.1) is 52.3 Å². The Morgan fingerprint density at radius 3 is 1.84 bits per heavy atom. The summed E-state index contributed by atoms with van der Waals surface area (Å²) in [5.74, 6) is 0.532. The molecule has 4 saturated carbocycles. The van der Waals surface area contributed by atoms with Crippen LogP contribution in [0.1, 0.15) is 91.9 Å². The van der Waals surface area contributed by atoms with Crippen LogP contribution in [0.2, 0.25) is 0 Å². The highest BCUT2D eigenvalue weighted by Gasteiger charge is 2.68. The van der Waals surface area contributed by atoms with Gasteiger partial charge in [-0.3, -0.25) is 0 Å². The molecule has 64 heavy (non-hydrogen) atoms. The predicted octanol–water partition coefficient (Wildman–Crippen LogP) is -1.78. The molecule has 0 radical (unpaired) electrons. The third kappa shape index (κ3) is 8.65. The highest BCUT2D eigenvalue weighted by atomic mass is 16.8. The Bertz CT molecular complexity index is 1560. The molecule has 4 saturated heterocycles. The van der Waals surface area contributed by atoms with Crippen molar-refractivity contribution in [2.75, 3.05) is 26.4 Å². The van der Waals surface area contributed by atoms with E-state index in [2.05, 4.69) is 20.8 Å². The second-order valence-electron chi connectivity index (χ2n) is 21.5. The highest BCUT2D eigenvalue weighted by Crippen LogP contribution is 2.71. The van der Waals surface area contributed by atoms with Crippen LogP contribution in [0.3, 0.4) is 0 Å². The lowest BCUT2D eigenvalue weighted by molar-refractivity contribution is -0.373. The molecule has 0 aromatic heterocycles. The van der Waals surface area contributed by atoms with Gasteiger partial charge in [-0.1, -0.05) is 27.7 Å². The molecular formula is C45H76O19. The maximum atomic E-state index is 12.1. The fraction of sp³-hybridized carbons (Fsp3) is 1.00. The van der Waals surface area contributed by atoms with Gasteiger partial charge in [-0.2, -0.15) is 0 Å². The van der Waals surface area contributed by atoms with Gasteiger partial charge in [0.15, 0.2) is 24.7 Å². The normalized spacial score (nSPS) is 55.6. The van der Waals surface area contributed by atoms with Gasteiger partial charge < -0.3 is 94.4 Å². The van der Waals surface area contributed by atoms with Crippen molar-refractivity contribution in [1.82, 2.24) is 0 Å². The molecule has 4 aliphatic heterocycles. The van der Waals surface area contributed by atoms with Crippen molar-refractivity contribution in [3.8, 4) is 0 Å². The smallest absolute Gasteiger partial charge is 0.187 e. The van der Waals surface area contributed by atoms with E-state index in [9.17, 15) is 61.3 Å². The lowest BCUT2D eigenvalue weighted by Crippen LogP contribution is -2.65. The second-order valence-corrected chi connectivity index (χ2v) is 21.5. The van der Waals surface area contributed by atoms with E-state index in [0.717, 1.165) is 44.9 Å². The molecule has 0 amide bonds. The first-order valence-corrected chi connectivity index (χ1v) is 23.9. The highest BCUT2D eigenvalue weighted by molar-refractivity contribution is 5.15. The summed E-state index contributed by atoms with van der Waals surface area (Å²) in [6.07, 6.45) is -13.7. The molecule has 8 fully saturated rings. The Labute approximate surface area is 374 Å². The number of hydrogen-bond donors (Lipinski definition) is 12. The van der Waals surface area contributed by atoms with Crippen molar-refractivity contribution in [3.63, 3.8) is 0 Å². The van der Waals surface area contributed by atoms with Gasteiger partial charge >= 0.3 is 0 Å². The Balaban J connectivity index is 0.869. The summed E-state index contributed by atoms with van der Waals surface area (Å²) < 4.78 is 42.0. The van der Waals surface area contributed by atoms with E-state index in [-0.39, 0.29) is 47.4 Å². The standard InChI is InChI=1S/C45H76O19/c1-19(18-58-40-37(55)34(52)31(49)27(15-46)60-40)7-12-45(57)20(2)30-26(64-45)14-25-23-6-5-21-13-22(8-10-43(21,3)24(23)9-11-44(25,30)4)59-42-39(36(54)33(51)29(17-48)62-42)63-41-38(56)35(53)32(50)28(16-47)61-41/h19-42,46-57H,5-18H2,1-4H3/t19-,20?,21+,22+,23-,24+,25+,26?,27-,28-,29-,30?,31-,32-,33+,34+,35+,36+,37-,38-,39-,40-,41+,42-,43+,44+,45-/m1/s1. The zero-order valence-corrected chi connectivity index (χ0v) is 37.5. The monoisotopic (exact) mass is 920 g/mol. The number of fused-ring (bicyclic) bond motifs is 7. The van der Waals surface area contributed by atoms with Crippen LogP contribution >= 0.6 is 0 Å². The molecule has 19 nitrogen and oxygen atoms in total. The molecule has 4 heterocycles. The number of ether oxygens (including phenoxy) is 7. The number of rotatable bonds is 13. The van der Waals surface area contributed by atoms with E-state index in [4.69, 9.17) is 33.2 Å². The molecule has 4 aliphatic carbocycles. The molecule has 12 N–H and O–H groups in total. The molecule has 27 atom stereocenters. The Morgan fingerprint density at radius 1 is 0.625 bits per heavy atom. The van der Waals surface area contributed by atoms with Crippen molar-refractivity contribution in [2.45, 2.75) is 202 Å². The van der Waals surface area contributed by atoms with Crippen molar-refractivity contribution in [2.24, 2.45) is 52.3 Å². The number of hydrogen-bond acceptors (Lipinski definition) is 19. The minimum Gasteiger partial charge on any atom is -0.394 e. The molecule has 0 aromatic rings. The first kappa shape index (κ1) is 49.7. The predicted molar refractivity (Wildman–Crippen MR) is 219 cm³/mol. The summed E-state index contributed by atoms with van der Waals surface area (Å²) in [4.78, 5) is 0. The molecule has 0 bridgehead atoms. The molecule has 19 heteroatoms. The van der Waals surface area contributed by atoms with E-state index < -0.39 is 118 Å². The van der Waals surface area contributed by atoms with Gasteiger partial charge in [0.1, 0.15) is 73.2 Å². The van der Waals surface area contributed by atoms with Crippen LogP contribution in [0.25, 0.3) is 0 Å². The Kier molecular flexibility index (Phi) is 14.9. The molecule has 8 aliphatic rings. The number of aliphatic hydroxyl groups is 12. The largest absolute Gasteiger partial charge is 0.394 e. The van der Waals surface area contributed by atoms with Gasteiger partial charge in [0.05, 0.1) is 38.6 Å². The zero-order valence-electron chi connectivity index (χ0n) is 37.5. The minimum atomic E-state index is -1.75. The van der Waals surface area contributed by atoms with E-state index in [1.54, 1.807) is 0 Å². The molecular weight excluding hydrogens is 844 g/mol. The lowest BCUT2D eigenvalue weighted by Gasteiger charge is -2.61. The maximum Gasteiger partial charge on any atom is 0.187 e. The average Bonchev–Trinajstić information content (AvgIpc) is 3.71. The van der Waals surface area contributed by atoms with Crippen LogP contribution in [-0.2, 0) is 33.2 Å². The third-order valence-electron chi connectivity index (χ3n) is 18.0. The maximum absolute atomic E-state index is 12.1. The number of aliphatic hydroxyl groups excluding tert-OH is 11. The lowest BCUT2D eigenvalue weighted by atomic mass is 9.44. The van der Waals surface area contributed by atoms with Gasteiger partial charge in [-0.15, -0.1) is 0 Å². The van der Waals surface area contributed by atoms with Gasteiger partial charge in [-0.25, -0.2) is 0 Å². The molecule has 8 rings (SSSR count). The van der Waals surface area contributed by atoms with E-state index in [1.807, 2.05) is 6.92 Å². The van der Waals surface area contributed by atoms with Crippen molar-refractivity contribution in [3.05, 3.63) is 0 Å². The Hall–Kier alpha value is -0.760. The van der Waals surface area contributed by atoms with E-state index >= 15 is 0 Å². The van der Waals surface area contributed by atoms with E-state index in [1.165, 1.54) is 0 Å². The first-order valence-electron chi connectivity index (χ1n) is 23.9. The molecule has 0 aromatic carbocycles. The van der Waals surface area contributed by atoms with Crippen LogP contribution in [0.4, 0.5) is 0 Å². The summed E-state index contributed by atoms with van der Waals surface area (Å²) in [5.41, 5.74) is 0.0475. The third-order valence-corrected chi connectivity index (χ3v) is 18.0. The van der Waals surface area contributed by atoms with Gasteiger partial charge in [-0.05, 0) is 104 Å². The zero-order chi connectivity index (χ0) is 46.2. The fourth-order valence-corrected chi connectivity index (χ4v) is 14.2. The first-order chi connectivity index (χ1) is 30.3. The van der Waals surface area contributed by atoms with Crippen molar-refractivity contribution >= 4 is 0 Å². The second kappa shape index (κ2) is 19.2. The van der Waals surface area contributed by atoms with E-state index in [0.29, 0.717) is 42.9 Å².